The molecule has 1 aliphatic carbocycles. The van der Waals surface area contributed by atoms with Crippen LogP contribution in [0.3, 0.4) is 0 Å². The second-order valence-corrected chi connectivity index (χ2v) is 4.38. The summed E-state index contributed by atoms with van der Waals surface area (Å²) in [5.41, 5.74) is 0.273. The summed E-state index contributed by atoms with van der Waals surface area (Å²) in [6, 6.07) is 3.28. The summed E-state index contributed by atoms with van der Waals surface area (Å²) in [6.07, 6.45) is 2.01. The summed E-state index contributed by atoms with van der Waals surface area (Å²) in [6.45, 7) is 1.13. The Balaban J connectivity index is 1.70. The zero-order chi connectivity index (χ0) is 13.7. The van der Waals surface area contributed by atoms with Gasteiger partial charge in [-0.2, -0.15) is 0 Å². The topological polar surface area (TPSA) is 96.0 Å². The van der Waals surface area contributed by atoms with E-state index in [1.807, 2.05) is 0 Å². The van der Waals surface area contributed by atoms with E-state index in [1.54, 1.807) is 19.2 Å². The zero-order valence-electron chi connectivity index (χ0n) is 10.8. The lowest BCUT2D eigenvalue weighted by Gasteiger charge is -2.06. The summed E-state index contributed by atoms with van der Waals surface area (Å²) in [5.74, 6) is 0.665. The number of hydrogen-bond acceptors (Lipinski definition) is 5. The molecule has 0 unspecified atom stereocenters. The van der Waals surface area contributed by atoms with Gasteiger partial charge in [0, 0.05) is 26.1 Å². The minimum absolute atomic E-state index is 0.128. The van der Waals surface area contributed by atoms with Gasteiger partial charge in [0.2, 0.25) is 5.91 Å². The Bertz CT molecular complexity index is 456. The Hall–Kier alpha value is -2.18. The molecule has 1 heterocycles. The molecular weight excluding hydrogens is 246 g/mol. The van der Waals surface area contributed by atoms with Crippen LogP contribution < -0.4 is 16.0 Å². The van der Waals surface area contributed by atoms with Crippen LogP contribution in [0, 0.1) is 5.92 Å². The predicted octanol–water partition coefficient (Wildman–Crippen LogP) is -0.226. The second kappa shape index (κ2) is 6.12. The van der Waals surface area contributed by atoms with Gasteiger partial charge in [0.1, 0.15) is 5.82 Å². The number of aromatic nitrogens is 2. The molecule has 0 atom stereocenters. The average Bonchev–Trinajstić information content (AvgIpc) is 3.27. The van der Waals surface area contributed by atoms with E-state index < -0.39 is 0 Å². The molecule has 1 saturated carbocycles. The van der Waals surface area contributed by atoms with E-state index in [0.717, 1.165) is 12.8 Å². The molecule has 7 nitrogen and oxygen atoms in total. The van der Waals surface area contributed by atoms with Crippen molar-refractivity contribution in [1.82, 2.24) is 20.8 Å². The first-order valence-corrected chi connectivity index (χ1v) is 6.28. The molecule has 0 saturated heterocycles. The molecule has 7 heteroatoms. The zero-order valence-corrected chi connectivity index (χ0v) is 10.8. The minimum Gasteiger partial charge on any atom is -0.367 e. The third kappa shape index (κ3) is 3.90. The molecule has 102 valence electrons. The van der Waals surface area contributed by atoms with E-state index in [0.29, 0.717) is 18.9 Å². The number of hydrogen-bond donors (Lipinski definition) is 3. The minimum atomic E-state index is -0.268. The summed E-state index contributed by atoms with van der Waals surface area (Å²) < 4.78 is 0. The fraction of sp³-hybridized carbons (Fsp3) is 0.500. The number of rotatable bonds is 6. The fourth-order valence-corrected chi connectivity index (χ4v) is 1.54. The van der Waals surface area contributed by atoms with Crippen LogP contribution in [0.15, 0.2) is 12.1 Å². The lowest BCUT2D eigenvalue weighted by molar-refractivity contribution is -0.122. The monoisotopic (exact) mass is 263 g/mol. The van der Waals surface area contributed by atoms with E-state index in [4.69, 9.17) is 0 Å². The highest BCUT2D eigenvalue weighted by Gasteiger charge is 2.28. The molecule has 2 rings (SSSR count). The molecular formula is C12H17N5O2. The molecule has 0 spiro atoms. The van der Waals surface area contributed by atoms with Crippen LogP contribution in [0.2, 0.25) is 0 Å². The van der Waals surface area contributed by atoms with Crippen molar-refractivity contribution in [2.75, 3.05) is 25.5 Å². The van der Waals surface area contributed by atoms with Gasteiger partial charge in [-0.25, -0.2) is 0 Å². The normalized spacial score (nSPS) is 13.7. The van der Waals surface area contributed by atoms with Crippen molar-refractivity contribution in [2.45, 2.75) is 12.8 Å². The summed E-state index contributed by atoms with van der Waals surface area (Å²) in [4.78, 5) is 22.6. The standard InChI is InChI=1S/C12H17N5O2/c1-13-12(19)9-4-5-10(17-16-9)14-6-7-15-11(18)8-2-3-8/h4-5,8H,2-3,6-7H2,1H3,(H,13,19)(H,14,17)(H,15,18). The largest absolute Gasteiger partial charge is 0.367 e. The molecule has 1 aromatic rings. The first-order chi connectivity index (χ1) is 9.20. The molecule has 0 radical (unpaired) electrons. The Kier molecular flexibility index (Phi) is 4.27. The molecule has 1 fully saturated rings. The van der Waals surface area contributed by atoms with Gasteiger partial charge in [0.05, 0.1) is 0 Å². The number of nitrogens with one attached hydrogen (secondary N) is 3. The molecule has 0 aliphatic heterocycles. The number of carbonyl (C=O) groups is 2. The maximum absolute atomic E-state index is 11.4. The summed E-state index contributed by atoms with van der Waals surface area (Å²) in [7, 11) is 1.54. The van der Waals surface area contributed by atoms with E-state index in [1.165, 1.54) is 0 Å². The molecule has 3 N–H and O–H groups in total. The highest BCUT2D eigenvalue weighted by molar-refractivity contribution is 5.91. The Morgan fingerprint density at radius 3 is 2.63 bits per heavy atom. The summed E-state index contributed by atoms with van der Waals surface area (Å²) in [5, 5.41) is 16.0. The third-order valence-corrected chi connectivity index (χ3v) is 2.80. The van der Waals surface area contributed by atoms with Gasteiger partial charge in [-0.3, -0.25) is 9.59 Å². The van der Waals surface area contributed by atoms with Gasteiger partial charge in [-0.05, 0) is 25.0 Å². The summed E-state index contributed by atoms with van der Waals surface area (Å²) >= 11 is 0. The second-order valence-electron chi connectivity index (χ2n) is 4.38. The van der Waals surface area contributed by atoms with Crippen LogP contribution in [-0.4, -0.2) is 42.1 Å². The van der Waals surface area contributed by atoms with E-state index in [2.05, 4.69) is 26.1 Å². The number of anilines is 1. The maximum atomic E-state index is 11.4. The average molecular weight is 263 g/mol. The Labute approximate surface area is 111 Å². The van der Waals surface area contributed by atoms with E-state index >= 15 is 0 Å². The maximum Gasteiger partial charge on any atom is 0.271 e. The highest BCUT2D eigenvalue weighted by atomic mass is 16.2. The Morgan fingerprint density at radius 1 is 1.26 bits per heavy atom. The van der Waals surface area contributed by atoms with Crippen molar-refractivity contribution in [2.24, 2.45) is 5.92 Å². The first kappa shape index (κ1) is 13.3. The van der Waals surface area contributed by atoms with Crippen molar-refractivity contribution in [1.29, 1.82) is 0 Å². The van der Waals surface area contributed by atoms with Gasteiger partial charge >= 0.3 is 0 Å². The van der Waals surface area contributed by atoms with Crippen molar-refractivity contribution in [3.8, 4) is 0 Å². The van der Waals surface area contributed by atoms with Crippen molar-refractivity contribution < 1.29 is 9.59 Å². The quantitative estimate of drug-likeness (QED) is 0.616. The Morgan fingerprint density at radius 2 is 2.05 bits per heavy atom. The van der Waals surface area contributed by atoms with Crippen molar-refractivity contribution in [3.05, 3.63) is 17.8 Å². The number of nitrogens with zero attached hydrogens (tertiary/aromatic N) is 2. The SMILES string of the molecule is CNC(=O)c1ccc(NCCNC(=O)C2CC2)nn1. The van der Waals surface area contributed by atoms with Crippen LogP contribution >= 0.6 is 0 Å². The van der Waals surface area contributed by atoms with E-state index in [9.17, 15) is 9.59 Å². The van der Waals surface area contributed by atoms with Gasteiger partial charge in [-0.1, -0.05) is 0 Å². The molecule has 1 aliphatic rings. The first-order valence-electron chi connectivity index (χ1n) is 6.28. The van der Waals surface area contributed by atoms with E-state index in [-0.39, 0.29) is 23.4 Å². The number of carbonyl (C=O) groups excluding carboxylic acids is 2. The van der Waals surface area contributed by atoms with Gasteiger partial charge < -0.3 is 16.0 Å². The van der Waals surface area contributed by atoms with Crippen LogP contribution in [-0.2, 0) is 4.79 Å². The molecule has 2 amide bonds. The van der Waals surface area contributed by atoms with Crippen LogP contribution in [0.1, 0.15) is 23.3 Å². The van der Waals surface area contributed by atoms with Crippen molar-refractivity contribution >= 4 is 17.6 Å². The molecule has 19 heavy (non-hydrogen) atoms. The highest BCUT2D eigenvalue weighted by Crippen LogP contribution is 2.28. The molecule has 1 aromatic heterocycles. The van der Waals surface area contributed by atoms with Gasteiger partial charge in [0.15, 0.2) is 5.69 Å². The van der Waals surface area contributed by atoms with Gasteiger partial charge in [-0.15, -0.1) is 10.2 Å². The lowest BCUT2D eigenvalue weighted by atomic mass is 10.3. The smallest absolute Gasteiger partial charge is 0.271 e. The third-order valence-electron chi connectivity index (χ3n) is 2.80. The lowest BCUT2D eigenvalue weighted by Crippen LogP contribution is -2.30. The fourth-order valence-electron chi connectivity index (χ4n) is 1.54. The molecule has 0 bridgehead atoms. The van der Waals surface area contributed by atoms with Crippen LogP contribution in [0.25, 0.3) is 0 Å². The van der Waals surface area contributed by atoms with Crippen molar-refractivity contribution in [3.63, 3.8) is 0 Å². The number of amides is 2. The molecule has 0 aromatic carbocycles. The van der Waals surface area contributed by atoms with Gasteiger partial charge in [0.25, 0.3) is 5.91 Å². The van der Waals surface area contributed by atoms with Crippen LogP contribution in [0.4, 0.5) is 5.82 Å². The predicted molar refractivity (Wildman–Crippen MR) is 69.6 cm³/mol. The van der Waals surface area contributed by atoms with Crippen LogP contribution in [0.5, 0.6) is 0 Å².